The van der Waals surface area contributed by atoms with Crippen LogP contribution in [0, 0.1) is 12.7 Å². The normalized spacial score (nSPS) is 16.7. The number of carbonyl (C=O) groups excluding carboxylic acids is 1. The highest BCUT2D eigenvalue weighted by molar-refractivity contribution is 5.93. The van der Waals surface area contributed by atoms with Crippen LogP contribution >= 0.6 is 0 Å². The fourth-order valence-corrected chi connectivity index (χ4v) is 3.93. The summed E-state index contributed by atoms with van der Waals surface area (Å²) in [6.07, 6.45) is 3.14. The molecular weight excluding hydrogens is 385 g/mol. The monoisotopic (exact) mass is 411 g/mol. The molecule has 5 N–H and O–H groups in total. The molecule has 8 nitrogen and oxygen atoms in total. The van der Waals surface area contributed by atoms with Crippen LogP contribution in [0.1, 0.15) is 24.8 Å². The van der Waals surface area contributed by atoms with Gasteiger partial charge in [0.2, 0.25) is 11.9 Å². The second-order valence-electron chi connectivity index (χ2n) is 7.55. The summed E-state index contributed by atoms with van der Waals surface area (Å²) in [4.78, 5) is 22.2. The molecule has 1 fully saturated rings. The minimum absolute atomic E-state index is 0.0253. The average Bonchev–Trinajstić information content (AvgIpc) is 3.20. The molecule has 2 aliphatic rings. The second kappa shape index (κ2) is 8.66. The Labute approximate surface area is 174 Å². The highest BCUT2D eigenvalue weighted by Gasteiger charge is 2.21. The van der Waals surface area contributed by atoms with Crippen molar-refractivity contribution in [3.63, 3.8) is 0 Å². The van der Waals surface area contributed by atoms with Crippen molar-refractivity contribution in [1.29, 1.82) is 0 Å². The molecule has 0 bridgehead atoms. The molecule has 1 aromatic heterocycles. The SMILES string of the molecule is Cc1cc(Nc2ncc(F)c(NC3=C(C(N)=O)CCC3)n2)ccc1N1CCNCC1. The molecule has 0 radical (unpaired) electrons. The summed E-state index contributed by atoms with van der Waals surface area (Å²) in [5.74, 6) is -0.776. The maximum Gasteiger partial charge on any atom is 0.246 e. The molecule has 0 saturated carbocycles. The number of nitrogens with two attached hydrogens (primary N) is 1. The summed E-state index contributed by atoms with van der Waals surface area (Å²) in [7, 11) is 0. The second-order valence-corrected chi connectivity index (χ2v) is 7.55. The van der Waals surface area contributed by atoms with Gasteiger partial charge in [0, 0.05) is 48.8 Å². The zero-order valence-electron chi connectivity index (χ0n) is 17.0. The molecule has 2 aromatic rings. The number of nitrogens with zero attached hydrogens (tertiary/aromatic N) is 3. The lowest BCUT2D eigenvalue weighted by Gasteiger charge is -2.30. The van der Waals surface area contributed by atoms with Crippen LogP contribution in [0.4, 0.5) is 27.5 Å². The van der Waals surface area contributed by atoms with E-state index in [-0.39, 0.29) is 11.8 Å². The Kier molecular flexibility index (Phi) is 5.80. The largest absolute Gasteiger partial charge is 0.369 e. The highest BCUT2D eigenvalue weighted by Crippen LogP contribution is 2.29. The smallest absolute Gasteiger partial charge is 0.246 e. The van der Waals surface area contributed by atoms with Gasteiger partial charge in [-0.15, -0.1) is 0 Å². The Morgan fingerprint density at radius 1 is 1.23 bits per heavy atom. The van der Waals surface area contributed by atoms with Crippen LogP contribution in [-0.4, -0.2) is 42.1 Å². The number of aryl methyl sites for hydroxylation is 1. The standard InChI is InChI=1S/C21H26FN7O/c1-13-11-14(5-6-18(13)29-9-7-24-8-10-29)26-21-25-12-16(22)20(28-21)27-17-4-2-3-15(17)19(23)30/h5-6,11-12,24H,2-4,7-10H2,1H3,(H2,23,30)(H2,25,26,27,28). The lowest BCUT2D eigenvalue weighted by molar-refractivity contribution is -0.114. The van der Waals surface area contributed by atoms with E-state index in [4.69, 9.17) is 5.73 Å². The van der Waals surface area contributed by atoms with E-state index in [0.717, 1.165) is 50.0 Å². The van der Waals surface area contributed by atoms with Gasteiger partial charge in [-0.05, 0) is 49.9 Å². The summed E-state index contributed by atoms with van der Waals surface area (Å²) in [5, 5.41) is 9.42. The van der Waals surface area contributed by atoms with Crippen molar-refractivity contribution in [3.8, 4) is 0 Å². The van der Waals surface area contributed by atoms with Crippen molar-refractivity contribution in [1.82, 2.24) is 15.3 Å². The van der Waals surface area contributed by atoms with E-state index < -0.39 is 11.7 Å². The number of amides is 1. The molecule has 1 saturated heterocycles. The van der Waals surface area contributed by atoms with Crippen LogP contribution in [0.2, 0.25) is 0 Å². The van der Waals surface area contributed by atoms with Gasteiger partial charge >= 0.3 is 0 Å². The minimum atomic E-state index is -0.589. The number of aromatic nitrogens is 2. The summed E-state index contributed by atoms with van der Waals surface area (Å²) in [5.41, 5.74) is 9.71. The topological polar surface area (TPSA) is 108 Å². The maximum atomic E-state index is 14.2. The van der Waals surface area contributed by atoms with Crippen molar-refractivity contribution >= 4 is 29.0 Å². The van der Waals surface area contributed by atoms with E-state index in [1.165, 1.54) is 5.69 Å². The number of allylic oxidation sites excluding steroid dienone is 1. The predicted octanol–water partition coefficient (Wildman–Crippen LogP) is 2.41. The number of primary amides is 1. The first-order chi connectivity index (χ1) is 14.5. The van der Waals surface area contributed by atoms with Gasteiger partial charge in [0.05, 0.1) is 6.20 Å². The number of hydrogen-bond donors (Lipinski definition) is 4. The zero-order valence-corrected chi connectivity index (χ0v) is 17.0. The quantitative estimate of drug-likeness (QED) is 0.578. The lowest BCUT2D eigenvalue weighted by Crippen LogP contribution is -2.43. The number of nitrogens with one attached hydrogen (secondary N) is 3. The van der Waals surface area contributed by atoms with E-state index in [0.29, 0.717) is 24.1 Å². The number of piperazine rings is 1. The molecule has 1 amide bonds. The zero-order chi connectivity index (χ0) is 21.1. The third-order valence-electron chi connectivity index (χ3n) is 5.44. The number of carbonyl (C=O) groups is 1. The van der Waals surface area contributed by atoms with Gasteiger partial charge in [-0.1, -0.05) is 0 Å². The minimum Gasteiger partial charge on any atom is -0.369 e. The Morgan fingerprint density at radius 2 is 2.03 bits per heavy atom. The fraction of sp³-hybridized carbons (Fsp3) is 0.381. The molecule has 1 aromatic carbocycles. The van der Waals surface area contributed by atoms with Crippen molar-refractivity contribution in [2.45, 2.75) is 26.2 Å². The summed E-state index contributed by atoms with van der Waals surface area (Å²) < 4.78 is 14.2. The van der Waals surface area contributed by atoms with Crippen LogP contribution < -0.4 is 26.6 Å². The summed E-state index contributed by atoms with van der Waals surface area (Å²) in [6.45, 7) is 5.98. The Balaban J connectivity index is 1.51. The van der Waals surface area contributed by atoms with E-state index in [2.05, 4.69) is 43.8 Å². The van der Waals surface area contributed by atoms with Crippen molar-refractivity contribution in [3.05, 3.63) is 47.0 Å². The molecule has 30 heavy (non-hydrogen) atoms. The molecule has 0 unspecified atom stereocenters. The third-order valence-corrected chi connectivity index (χ3v) is 5.44. The van der Waals surface area contributed by atoms with Crippen LogP contribution in [-0.2, 0) is 4.79 Å². The van der Waals surface area contributed by atoms with E-state index in [1.807, 2.05) is 12.1 Å². The molecule has 158 valence electrons. The van der Waals surface area contributed by atoms with E-state index >= 15 is 0 Å². The van der Waals surface area contributed by atoms with Gasteiger partial charge in [-0.3, -0.25) is 4.79 Å². The first-order valence-corrected chi connectivity index (χ1v) is 10.2. The lowest BCUT2D eigenvalue weighted by atomic mass is 10.1. The maximum absolute atomic E-state index is 14.2. The molecule has 0 spiro atoms. The number of hydrogen-bond acceptors (Lipinski definition) is 7. The van der Waals surface area contributed by atoms with Crippen LogP contribution in [0.15, 0.2) is 35.7 Å². The fourth-order valence-electron chi connectivity index (χ4n) is 3.93. The molecule has 1 aliphatic heterocycles. The number of rotatable bonds is 6. The molecule has 2 heterocycles. The van der Waals surface area contributed by atoms with E-state index in [9.17, 15) is 9.18 Å². The summed E-state index contributed by atoms with van der Waals surface area (Å²) >= 11 is 0. The van der Waals surface area contributed by atoms with E-state index in [1.54, 1.807) is 0 Å². The number of benzene rings is 1. The third kappa shape index (κ3) is 4.35. The molecule has 4 rings (SSSR count). The van der Waals surface area contributed by atoms with Crippen LogP contribution in [0.25, 0.3) is 0 Å². The van der Waals surface area contributed by atoms with Crippen molar-refractivity contribution < 1.29 is 9.18 Å². The predicted molar refractivity (Wildman–Crippen MR) is 115 cm³/mol. The highest BCUT2D eigenvalue weighted by atomic mass is 19.1. The summed E-state index contributed by atoms with van der Waals surface area (Å²) in [6, 6.07) is 6.07. The van der Waals surface area contributed by atoms with Gasteiger partial charge < -0.3 is 26.6 Å². The van der Waals surface area contributed by atoms with Gasteiger partial charge in [0.15, 0.2) is 11.6 Å². The number of halogens is 1. The molecule has 0 atom stereocenters. The van der Waals surface area contributed by atoms with Crippen molar-refractivity contribution in [2.24, 2.45) is 5.73 Å². The van der Waals surface area contributed by atoms with Gasteiger partial charge in [0.1, 0.15) is 0 Å². The first-order valence-electron chi connectivity index (χ1n) is 10.2. The van der Waals surface area contributed by atoms with Gasteiger partial charge in [0.25, 0.3) is 0 Å². The Hall–Kier alpha value is -3.20. The first kappa shape index (κ1) is 20.1. The average molecular weight is 411 g/mol. The Bertz CT molecular complexity index is 985. The molecule has 9 heteroatoms. The van der Waals surface area contributed by atoms with Crippen LogP contribution in [0.5, 0.6) is 0 Å². The Morgan fingerprint density at radius 3 is 2.77 bits per heavy atom. The van der Waals surface area contributed by atoms with Crippen molar-refractivity contribution in [2.75, 3.05) is 41.7 Å². The molecular formula is C21H26FN7O. The number of anilines is 4. The van der Waals surface area contributed by atoms with Gasteiger partial charge in [-0.2, -0.15) is 4.98 Å². The van der Waals surface area contributed by atoms with Crippen LogP contribution in [0.3, 0.4) is 0 Å². The molecule has 1 aliphatic carbocycles. The van der Waals surface area contributed by atoms with Gasteiger partial charge in [-0.25, -0.2) is 9.37 Å².